The van der Waals surface area contributed by atoms with Crippen LogP contribution in [0.25, 0.3) is 10.9 Å². The molecule has 0 radical (unpaired) electrons. The molecule has 0 aliphatic heterocycles. The van der Waals surface area contributed by atoms with Crippen molar-refractivity contribution in [2.45, 2.75) is 39.3 Å². The van der Waals surface area contributed by atoms with Crippen LogP contribution in [-0.2, 0) is 13.6 Å². The largest absolute Gasteiger partial charge is 0.346 e. The molecule has 0 amide bonds. The van der Waals surface area contributed by atoms with Crippen LogP contribution in [-0.4, -0.2) is 10.6 Å². The third kappa shape index (κ3) is 1.87. The Morgan fingerprint density at radius 3 is 2.76 bits per heavy atom. The molecule has 1 heterocycles. The summed E-state index contributed by atoms with van der Waals surface area (Å²) in [4.78, 5) is 0. The summed E-state index contributed by atoms with van der Waals surface area (Å²) in [5.41, 5.74) is 5.55. The number of nitrogens with one attached hydrogen (secondary N) is 1. The van der Waals surface area contributed by atoms with Gasteiger partial charge >= 0.3 is 0 Å². The zero-order valence-corrected chi connectivity index (χ0v) is 10.9. The average molecular weight is 228 g/mol. The van der Waals surface area contributed by atoms with E-state index < -0.39 is 0 Å². The Kier molecular flexibility index (Phi) is 2.48. The minimum Gasteiger partial charge on any atom is -0.346 e. The molecule has 0 spiro atoms. The van der Waals surface area contributed by atoms with Crippen LogP contribution in [0.3, 0.4) is 0 Å². The van der Waals surface area contributed by atoms with Gasteiger partial charge in [0.15, 0.2) is 0 Å². The lowest BCUT2D eigenvalue weighted by Gasteiger charge is -2.06. The second-order valence-electron chi connectivity index (χ2n) is 5.31. The normalized spacial score (nSPS) is 15.7. The maximum absolute atomic E-state index is 3.61. The van der Waals surface area contributed by atoms with Gasteiger partial charge in [0, 0.05) is 36.2 Å². The predicted molar refractivity (Wildman–Crippen MR) is 72.3 cm³/mol. The Hall–Kier alpha value is -1.28. The highest BCUT2D eigenvalue weighted by Crippen LogP contribution is 2.26. The van der Waals surface area contributed by atoms with Crippen LogP contribution in [0.1, 0.15) is 29.7 Å². The lowest BCUT2D eigenvalue weighted by molar-refractivity contribution is 0.652. The first-order chi connectivity index (χ1) is 8.16. The molecule has 2 heteroatoms. The first kappa shape index (κ1) is 10.8. The molecule has 1 aromatic heterocycles. The summed E-state index contributed by atoms with van der Waals surface area (Å²) in [7, 11) is 2.18. The van der Waals surface area contributed by atoms with Gasteiger partial charge in [-0.1, -0.05) is 11.6 Å². The molecule has 2 nitrogen and oxygen atoms in total. The molecule has 1 aliphatic rings. The number of hydrogen-bond acceptors (Lipinski definition) is 1. The topological polar surface area (TPSA) is 17.0 Å². The van der Waals surface area contributed by atoms with Gasteiger partial charge in [0.05, 0.1) is 0 Å². The van der Waals surface area contributed by atoms with E-state index in [1.54, 1.807) is 0 Å². The molecule has 1 aliphatic carbocycles. The van der Waals surface area contributed by atoms with Crippen molar-refractivity contribution in [3.05, 3.63) is 35.0 Å². The lowest BCUT2D eigenvalue weighted by atomic mass is 10.1. The Morgan fingerprint density at radius 1 is 1.29 bits per heavy atom. The van der Waals surface area contributed by atoms with Gasteiger partial charge in [-0.25, -0.2) is 0 Å². The van der Waals surface area contributed by atoms with Crippen LogP contribution in [0.4, 0.5) is 0 Å². The first-order valence-corrected chi connectivity index (χ1v) is 6.44. The molecule has 90 valence electrons. The van der Waals surface area contributed by atoms with E-state index >= 15 is 0 Å². The summed E-state index contributed by atoms with van der Waals surface area (Å²) in [6.07, 6.45) is 2.70. The molecule has 0 atom stereocenters. The van der Waals surface area contributed by atoms with E-state index in [0.29, 0.717) is 0 Å². The van der Waals surface area contributed by atoms with Crippen LogP contribution in [0.5, 0.6) is 0 Å². The number of aromatic nitrogens is 1. The zero-order valence-electron chi connectivity index (χ0n) is 10.9. The molecule has 0 saturated heterocycles. The third-order valence-corrected chi connectivity index (χ3v) is 3.89. The van der Waals surface area contributed by atoms with E-state index in [-0.39, 0.29) is 0 Å². The predicted octanol–water partition coefficient (Wildman–Crippen LogP) is 3.05. The molecule has 0 unspecified atom stereocenters. The highest BCUT2D eigenvalue weighted by atomic mass is 15.0. The third-order valence-electron chi connectivity index (χ3n) is 3.89. The second-order valence-corrected chi connectivity index (χ2v) is 5.31. The maximum atomic E-state index is 3.61. The highest BCUT2D eigenvalue weighted by Gasteiger charge is 2.21. The molecule has 3 rings (SSSR count). The summed E-state index contributed by atoms with van der Waals surface area (Å²) in [5.74, 6) is 0. The van der Waals surface area contributed by atoms with Gasteiger partial charge in [0.1, 0.15) is 0 Å². The van der Waals surface area contributed by atoms with Crippen LogP contribution in [0.2, 0.25) is 0 Å². The number of fused-ring (bicyclic) bond motifs is 1. The van der Waals surface area contributed by atoms with Gasteiger partial charge in [-0.15, -0.1) is 0 Å². The summed E-state index contributed by atoms with van der Waals surface area (Å²) in [6.45, 7) is 5.40. The number of aryl methyl sites for hydroxylation is 3. The van der Waals surface area contributed by atoms with Gasteiger partial charge in [0.25, 0.3) is 0 Å². The molecular weight excluding hydrogens is 208 g/mol. The van der Waals surface area contributed by atoms with Gasteiger partial charge < -0.3 is 9.88 Å². The van der Waals surface area contributed by atoms with Gasteiger partial charge in [0.2, 0.25) is 0 Å². The minimum absolute atomic E-state index is 0.772. The molecule has 2 aromatic rings. The molecule has 1 fully saturated rings. The average Bonchev–Trinajstić information content (AvgIpc) is 3.09. The fourth-order valence-electron chi connectivity index (χ4n) is 2.57. The number of benzene rings is 1. The summed E-state index contributed by atoms with van der Waals surface area (Å²) < 4.78 is 2.33. The van der Waals surface area contributed by atoms with Crippen LogP contribution >= 0.6 is 0 Å². The molecule has 1 aromatic carbocycles. The van der Waals surface area contributed by atoms with Crippen molar-refractivity contribution in [1.82, 2.24) is 9.88 Å². The van der Waals surface area contributed by atoms with Gasteiger partial charge in [-0.3, -0.25) is 0 Å². The van der Waals surface area contributed by atoms with E-state index in [1.807, 2.05) is 0 Å². The van der Waals surface area contributed by atoms with E-state index in [9.17, 15) is 0 Å². The lowest BCUT2D eigenvalue weighted by Crippen LogP contribution is -2.17. The Bertz CT molecular complexity index is 562. The Labute approximate surface area is 103 Å². The monoisotopic (exact) mass is 228 g/mol. The first-order valence-electron chi connectivity index (χ1n) is 6.44. The molecule has 1 saturated carbocycles. The summed E-state index contributed by atoms with van der Waals surface area (Å²) in [5, 5.41) is 5.01. The molecule has 17 heavy (non-hydrogen) atoms. The number of nitrogens with zero attached hydrogens (tertiary/aromatic N) is 1. The van der Waals surface area contributed by atoms with Crippen molar-refractivity contribution in [1.29, 1.82) is 0 Å². The van der Waals surface area contributed by atoms with E-state index in [2.05, 4.69) is 49.0 Å². The van der Waals surface area contributed by atoms with Gasteiger partial charge in [-0.2, -0.15) is 0 Å². The van der Waals surface area contributed by atoms with Crippen molar-refractivity contribution in [3.8, 4) is 0 Å². The van der Waals surface area contributed by atoms with Crippen molar-refractivity contribution in [2.75, 3.05) is 0 Å². The summed E-state index contributed by atoms with van der Waals surface area (Å²) in [6, 6.07) is 7.50. The smallest absolute Gasteiger partial charge is 0.0483 e. The summed E-state index contributed by atoms with van der Waals surface area (Å²) >= 11 is 0. The second kappa shape index (κ2) is 3.88. The van der Waals surface area contributed by atoms with Crippen LogP contribution in [0, 0.1) is 13.8 Å². The fourth-order valence-corrected chi connectivity index (χ4v) is 2.57. The molecule has 1 N–H and O–H groups in total. The van der Waals surface area contributed by atoms with E-state index in [1.165, 1.54) is 40.6 Å². The Morgan fingerprint density at radius 2 is 2.06 bits per heavy atom. The SMILES string of the molecule is Cc1ccc2c(c1)c(C)c(CNC1CC1)n2C. The molecular formula is C15H20N2. The number of rotatable bonds is 3. The maximum Gasteiger partial charge on any atom is 0.0483 e. The van der Waals surface area contributed by atoms with Crippen molar-refractivity contribution < 1.29 is 0 Å². The van der Waals surface area contributed by atoms with Crippen molar-refractivity contribution in [3.63, 3.8) is 0 Å². The fraction of sp³-hybridized carbons (Fsp3) is 0.467. The zero-order chi connectivity index (χ0) is 12.0. The van der Waals surface area contributed by atoms with E-state index in [4.69, 9.17) is 0 Å². The van der Waals surface area contributed by atoms with Gasteiger partial charge in [-0.05, 0) is 44.4 Å². The van der Waals surface area contributed by atoms with E-state index in [0.717, 1.165) is 12.6 Å². The van der Waals surface area contributed by atoms with Crippen LogP contribution in [0.15, 0.2) is 18.2 Å². The Balaban J connectivity index is 2.03. The highest BCUT2D eigenvalue weighted by molar-refractivity contribution is 5.85. The van der Waals surface area contributed by atoms with Crippen molar-refractivity contribution in [2.24, 2.45) is 7.05 Å². The van der Waals surface area contributed by atoms with Crippen molar-refractivity contribution >= 4 is 10.9 Å². The van der Waals surface area contributed by atoms with Crippen LogP contribution < -0.4 is 5.32 Å². The molecule has 0 bridgehead atoms. The minimum atomic E-state index is 0.772. The standard InChI is InChI=1S/C15H20N2/c1-10-4-7-14-13(8-10)11(2)15(17(14)3)9-16-12-5-6-12/h4,7-8,12,16H,5-6,9H2,1-3H3. The quantitative estimate of drug-likeness (QED) is 0.854. The number of hydrogen-bond donors (Lipinski definition) is 1.